The maximum absolute atomic E-state index is 13.0. The molecule has 2 aromatic heterocycles. The van der Waals surface area contributed by atoms with Gasteiger partial charge in [-0.15, -0.1) is 4.72 Å². The number of hydrogen-bond donors (Lipinski definition) is 1. The minimum absolute atomic E-state index is 0.222. The predicted molar refractivity (Wildman–Crippen MR) is 129 cm³/mol. The molecule has 0 aliphatic heterocycles. The van der Waals surface area contributed by atoms with Crippen LogP contribution in [0.2, 0.25) is 0 Å². The summed E-state index contributed by atoms with van der Waals surface area (Å²) in [6.07, 6.45) is 2.37. The van der Waals surface area contributed by atoms with Crippen LogP contribution in [-0.4, -0.2) is 19.4 Å². The quantitative estimate of drug-likeness (QED) is 0.331. The fourth-order valence-electron chi connectivity index (χ4n) is 3.40. The average molecular weight is 498 g/mol. The lowest BCUT2D eigenvalue weighted by atomic mass is 9.94. The molecule has 0 bridgehead atoms. The Morgan fingerprint density at radius 2 is 1.84 bits per heavy atom. The van der Waals surface area contributed by atoms with Crippen LogP contribution in [0.15, 0.2) is 75.9 Å². The molecule has 160 valence electrons. The standard InChI is InChI=1S/C24H24BrN3O2S/c1-24(2,3)31(29)28-20(15-16-9-6-7-14-26-16)17-10-4-5-11-18(17)23-22-19(25)12-8-13-21(22)30-27-23/h4-14,20,28H,15H2,1-3H3. The largest absolute Gasteiger partial charge is 0.598 e. The summed E-state index contributed by atoms with van der Waals surface area (Å²) in [7, 11) is 0. The summed E-state index contributed by atoms with van der Waals surface area (Å²) in [6, 6.07) is 19.5. The van der Waals surface area contributed by atoms with E-state index < -0.39 is 16.1 Å². The van der Waals surface area contributed by atoms with Crippen LogP contribution in [0.1, 0.15) is 38.1 Å². The van der Waals surface area contributed by atoms with E-state index in [9.17, 15) is 4.55 Å². The average Bonchev–Trinajstić information content (AvgIpc) is 3.19. The zero-order valence-electron chi connectivity index (χ0n) is 17.6. The molecule has 0 fully saturated rings. The van der Waals surface area contributed by atoms with Crippen LogP contribution >= 0.6 is 15.9 Å². The van der Waals surface area contributed by atoms with Crippen LogP contribution in [0.3, 0.4) is 0 Å². The molecule has 0 aliphatic rings. The Bertz CT molecular complexity index is 1170. The van der Waals surface area contributed by atoms with Crippen molar-refractivity contribution in [3.05, 3.63) is 82.6 Å². The van der Waals surface area contributed by atoms with Crippen LogP contribution in [0.25, 0.3) is 22.2 Å². The van der Waals surface area contributed by atoms with Crippen LogP contribution in [0.5, 0.6) is 0 Å². The summed E-state index contributed by atoms with van der Waals surface area (Å²) >= 11 is 2.37. The zero-order valence-corrected chi connectivity index (χ0v) is 20.0. The van der Waals surface area contributed by atoms with Gasteiger partial charge in [-0.3, -0.25) is 4.98 Å². The van der Waals surface area contributed by atoms with Crippen molar-refractivity contribution in [3.63, 3.8) is 0 Å². The number of rotatable bonds is 6. The second kappa shape index (κ2) is 9.12. The summed E-state index contributed by atoms with van der Waals surface area (Å²) in [5, 5.41) is 5.30. The third-order valence-corrected chi connectivity index (χ3v) is 7.26. The molecule has 5 nitrogen and oxygen atoms in total. The molecule has 0 radical (unpaired) electrons. The molecule has 4 aromatic rings. The minimum Gasteiger partial charge on any atom is -0.598 e. The van der Waals surface area contributed by atoms with E-state index in [-0.39, 0.29) is 6.04 Å². The Morgan fingerprint density at radius 3 is 2.58 bits per heavy atom. The van der Waals surface area contributed by atoms with Crippen LogP contribution in [-0.2, 0) is 17.8 Å². The molecule has 0 aliphatic carbocycles. The number of benzene rings is 2. The van der Waals surface area contributed by atoms with Gasteiger partial charge in [-0.25, -0.2) is 0 Å². The summed E-state index contributed by atoms with van der Waals surface area (Å²) < 4.78 is 22.5. The number of halogens is 1. The van der Waals surface area contributed by atoms with E-state index in [1.807, 2.05) is 81.4 Å². The van der Waals surface area contributed by atoms with Crippen molar-refractivity contribution in [3.8, 4) is 11.3 Å². The lowest BCUT2D eigenvalue weighted by molar-refractivity contribution is 0.459. The van der Waals surface area contributed by atoms with Crippen molar-refractivity contribution < 1.29 is 9.08 Å². The molecule has 2 atom stereocenters. The number of fused-ring (bicyclic) bond motifs is 1. The fraction of sp³-hybridized carbons (Fsp3) is 0.250. The van der Waals surface area contributed by atoms with Gasteiger partial charge in [-0.05, 0) is 66.5 Å². The highest BCUT2D eigenvalue weighted by Crippen LogP contribution is 2.37. The molecule has 2 unspecified atom stereocenters. The highest BCUT2D eigenvalue weighted by Gasteiger charge is 2.31. The van der Waals surface area contributed by atoms with Crippen molar-refractivity contribution in [2.75, 3.05) is 0 Å². The first-order chi connectivity index (χ1) is 14.8. The minimum atomic E-state index is -1.26. The first kappa shape index (κ1) is 22.0. The van der Waals surface area contributed by atoms with E-state index in [0.29, 0.717) is 12.0 Å². The van der Waals surface area contributed by atoms with E-state index in [4.69, 9.17) is 4.52 Å². The number of aromatic nitrogens is 2. The van der Waals surface area contributed by atoms with Gasteiger partial charge in [-0.1, -0.05) is 41.6 Å². The normalized spacial score (nSPS) is 14.0. The Balaban J connectivity index is 1.82. The molecule has 0 saturated heterocycles. The molecule has 7 heteroatoms. The lowest BCUT2D eigenvalue weighted by Crippen LogP contribution is -2.42. The van der Waals surface area contributed by atoms with Gasteiger partial charge >= 0.3 is 0 Å². The van der Waals surface area contributed by atoms with Crippen LogP contribution < -0.4 is 4.72 Å². The van der Waals surface area contributed by atoms with Gasteiger partial charge in [0.25, 0.3) is 0 Å². The first-order valence-corrected chi connectivity index (χ1v) is 12.0. The van der Waals surface area contributed by atoms with Crippen molar-refractivity contribution in [2.45, 2.75) is 38.0 Å². The van der Waals surface area contributed by atoms with Gasteiger partial charge in [0.1, 0.15) is 10.4 Å². The van der Waals surface area contributed by atoms with Crippen molar-refractivity contribution in [2.24, 2.45) is 0 Å². The molecule has 2 aromatic carbocycles. The number of hydrogen-bond acceptors (Lipinski definition) is 5. The van der Waals surface area contributed by atoms with Gasteiger partial charge in [0.2, 0.25) is 0 Å². The molecule has 1 N–H and O–H groups in total. The van der Waals surface area contributed by atoms with Crippen LogP contribution in [0.4, 0.5) is 0 Å². The number of pyridine rings is 1. The molecule has 0 saturated carbocycles. The van der Waals surface area contributed by atoms with E-state index in [0.717, 1.165) is 32.4 Å². The summed E-state index contributed by atoms with van der Waals surface area (Å²) in [5.41, 5.74) is 4.33. The number of nitrogens with zero attached hydrogens (tertiary/aromatic N) is 2. The van der Waals surface area contributed by atoms with E-state index in [1.165, 1.54) is 0 Å². The molecular formula is C24H24BrN3O2S. The van der Waals surface area contributed by atoms with Crippen molar-refractivity contribution in [1.82, 2.24) is 14.9 Å². The molecule has 4 rings (SSSR count). The molecule has 2 heterocycles. The highest BCUT2D eigenvalue weighted by atomic mass is 79.9. The summed E-state index contributed by atoms with van der Waals surface area (Å²) in [4.78, 5) is 4.49. The summed E-state index contributed by atoms with van der Waals surface area (Å²) in [5.74, 6) is 0. The van der Waals surface area contributed by atoms with Gasteiger partial charge < -0.3 is 9.08 Å². The van der Waals surface area contributed by atoms with Crippen LogP contribution in [0, 0.1) is 0 Å². The van der Waals surface area contributed by atoms with E-state index in [1.54, 1.807) is 6.20 Å². The topological polar surface area (TPSA) is 74.0 Å². The first-order valence-electron chi connectivity index (χ1n) is 10.1. The second-order valence-corrected chi connectivity index (χ2v) is 11.2. The molecule has 0 spiro atoms. The third kappa shape index (κ3) is 4.85. The Morgan fingerprint density at radius 1 is 1.06 bits per heavy atom. The van der Waals surface area contributed by atoms with Crippen molar-refractivity contribution >= 4 is 38.3 Å². The molecule has 31 heavy (non-hydrogen) atoms. The van der Waals surface area contributed by atoms with Gasteiger partial charge in [0.15, 0.2) is 5.58 Å². The maximum atomic E-state index is 13.0. The third-order valence-electron chi connectivity index (χ3n) is 4.98. The second-order valence-electron chi connectivity index (χ2n) is 8.31. The monoisotopic (exact) mass is 497 g/mol. The van der Waals surface area contributed by atoms with Gasteiger partial charge in [0.05, 0.1) is 11.4 Å². The highest BCUT2D eigenvalue weighted by molar-refractivity contribution is 9.10. The maximum Gasteiger partial charge on any atom is 0.168 e. The number of nitrogens with one attached hydrogen (secondary N) is 1. The van der Waals surface area contributed by atoms with Crippen molar-refractivity contribution in [1.29, 1.82) is 0 Å². The SMILES string of the molecule is CC(C)(C)[S+]([O-])NC(Cc1ccccn1)c1ccccc1-c1noc2cccc(Br)c12. The smallest absolute Gasteiger partial charge is 0.168 e. The Labute approximate surface area is 193 Å². The predicted octanol–water partition coefficient (Wildman–Crippen LogP) is 5.99. The van der Waals surface area contributed by atoms with Gasteiger partial charge in [0, 0.05) is 39.7 Å². The Kier molecular flexibility index (Phi) is 6.48. The molecular weight excluding hydrogens is 474 g/mol. The summed E-state index contributed by atoms with van der Waals surface area (Å²) in [6.45, 7) is 5.88. The molecule has 0 amide bonds. The Hall–Kier alpha value is -2.19. The van der Waals surface area contributed by atoms with E-state index >= 15 is 0 Å². The lowest BCUT2D eigenvalue weighted by Gasteiger charge is -2.29. The fourth-order valence-corrected chi connectivity index (χ4v) is 4.76. The van der Waals surface area contributed by atoms with Gasteiger partial charge in [-0.2, -0.15) is 0 Å². The zero-order chi connectivity index (χ0) is 22.0. The van der Waals surface area contributed by atoms with E-state index in [2.05, 4.69) is 30.8 Å².